The van der Waals surface area contributed by atoms with Crippen LogP contribution in [0.1, 0.15) is 0 Å². The summed E-state index contributed by atoms with van der Waals surface area (Å²) in [5.74, 6) is 0. The van der Waals surface area contributed by atoms with Crippen molar-refractivity contribution in [3.8, 4) is 0 Å². The quantitative estimate of drug-likeness (QED) is 0.685. The fourth-order valence-electron chi connectivity index (χ4n) is 1.41. The van der Waals surface area contributed by atoms with E-state index in [9.17, 15) is 0 Å². The number of anilines is 1. The molecule has 0 bridgehead atoms. The van der Waals surface area contributed by atoms with Gasteiger partial charge in [0, 0.05) is 19.3 Å². The van der Waals surface area contributed by atoms with Crippen LogP contribution in [-0.4, -0.2) is 31.3 Å². The highest BCUT2D eigenvalue weighted by molar-refractivity contribution is 6.33. The first-order valence-electron chi connectivity index (χ1n) is 4.30. The zero-order chi connectivity index (χ0) is 9.10. The van der Waals surface area contributed by atoms with Crippen molar-refractivity contribution in [3.63, 3.8) is 0 Å². The average Bonchev–Trinajstić information content (AvgIpc) is 2.20. The van der Waals surface area contributed by atoms with Crippen molar-refractivity contribution in [2.24, 2.45) is 0 Å². The molecule has 2 heterocycles. The average molecular weight is 199 g/mol. The van der Waals surface area contributed by atoms with E-state index in [4.69, 9.17) is 16.3 Å². The molecular formula is C9H11ClN2O. The van der Waals surface area contributed by atoms with Crippen LogP contribution in [0.4, 0.5) is 5.69 Å². The second kappa shape index (κ2) is 3.94. The fourth-order valence-corrected chi connectivity index (χ4v) is 1.63. The predicted octanol–water partition coefficient (Wildman–Crippen LogP) is 1.57. The van der Waals surface area contributed by atoms with Crippen LogP contribution in [0.2, 0.25) is 5.02 Å². The maximum absolute atomic E-state index is 6.04. The number of halogens is 1. The number of nitrogens with zero attached hydrogens (tertiary/aromatic N) is 2. The summed E-state index contributed by atoms with van der Waals surface area (Å²) >= 11 is 6.04. The molecular weight excluding hydrogens is 188 g/mol. The maximum atomic E-state index is 6.04. The monoisotopic (exact) mass is 198 g/mol. The lowest BCUT2D eigenvalue weighted by Gasteiger charge is -2.29. The van der Waals surface area contributed by atoms with Crippen LogP contribution < -0.4 is 4.90 Å². The van der Waals surface area contributed by atoms with Crippen LogP contribution in [0.15, 0.2) is 18.5 Å². The van der Waals surface area contributed by atoms with Crippen LogP contribution in [0.3, 0.4) is 0 Å². The maximum Gasteiger partial charge on any atom is 0.0743 e. The SMILES string of the molecule is Clc1ccncc1N1CCOCC1. The molecule has 0 radical (unpaired) electrons. The smallest absolute Gasteiger partial charge is 0.0743 e. The van der Waals surface area contributed by atoms with Gasteiger partial charge >= 0.3 is 0 Å². The molecule has 2 rings (SSSR count). The summed E-state index contributed by atoms with van der Waals surface area (Å²) < 4.78 is 5.26. The normalized spacial score (nSPS) is 17.5. The standard InChI is InChI=1S/C9H11ClN2O/c10-8-1-2-11-7-9(8)12-3-5-13-6-4-12/h1-2,7H,3-6H2. The minimum atomic E-state index is 0.761. The van der Waals surface area contributed by atoms with E-state index in [2.05, 4.69) is 9.88 Å². The lowest BCUT2D eigenvalue weighted by Crippen LogP contribution is -2.36. The first kappa shape index (κ1) is 8.78. The molecule has 1 saturated heterocycles. The van der Waals surface area contributed by atoms with Gasteiger partial charge in [-0.2, -0.15) is 0 Å². The van der Waals surface area contributed by atoms with Crippen molar-refractivity contribution in [2.75, 3.05) is 31.2 Å². The van der Waals surface area contributed by atoms with Crippen molar-refractivity contribution in [1.29, 1.82) is 0 Å². The zero-order valence-electron chi connectivity index (χ0n) is 7.24. The number of hydrogen-bond donors (Lipinski definition) is 0. The molecule has 1 aliphatic heterocycles. The fraction of sp³-hybridized carbons (Fsp3) is 0.444. The third kappa shape index (κ3) is 1.92. The Morgan fingerprint density at radius 2 is 2.15 bits per heavy atom. The predicted molar refractivity (Wildman–Crippen MR) is 52.3 cm³/mol. The molecule has 13 heavy (non-hydrogen) atoms. The van der Waals surface area contributed by atoms with Crippen molar-refractivity contribution < 1.29 is 4.74 Å². The number of pyridine rings is 1. The first-order valence-corrected chi connectivity index (χ1v) is 4.68. The largest absolute Gasteiger partial charge is 0.378 e. The molecule has 1 aromatic rings. The van der Waals surface area contributed by atoms with Gasteiger partial charge in [0.05, 0.1) is 30.1 Å². The van der Waals surface area contributed by atoms with Crippen molar-refractivity contribution in [3.05, 3.63) is 23.5 Å². The number of ether oxygens (including phenoxy) is 1. The van der Waals surface area contributed by atoms with Gasteiger partial charge in [-0.05, 0) is 6.07 Å². The zero-order valence-corrected chi connectivity index (χ0v) is 8.00. The number of aromatic nitrogens is 1. The summed E-state index contributed by atoms with van der Waals surface area (Å²) in [6, 6.07) is 1.81. The van der Waals surface area contributed by atoms with Gasteiger partial charge in [-0.15, -0.1) is 0 Å². The van der Waals surface area contributed by atoms with Gasteiger partial charge in [0.15, 0.2) is 0 Å². The molecule has 0 spiro atoms. The molecule has 1 fully saturated rings. The molecule has 1 aliphatic rings. The summed E-state index contributed by atoms with van der Waals surface area (Å²) in [4.78, 5) is 6.25. The van der Waals surface area contributed by atoms with Crippen LogP contribution in [0.5, 0.6) is 0 Å². The second-order valence-electron chi connectivity index (χ2n) is 2.93. The van der Waals surface area contributed by atoms with E-state index in [0.29, 0.717) is 0 Å². The molecule has 0 aromatic carbocycles. The van der Waals surface area contributed by atoms with E-state index in [1.165, 1.54) is 0 Å². The molecule has 0 N–H and O–H groups in total. The van der Waals surface area contributed by atoms with Gasteiger partial charge in [-0.25, -0.2) is 0 Å². The molecule has 4 heteroatoms. The highest BCUT2D eigenvalue weighted by Crippen LogP contribution is 2.24. The molecule has 0 unspecified atom stereocenters. The highest BCUT2D eigenvalue weighted by Gasteiger charge is 2.13. The Kier molecular flexibility index (Phi) is 2.66. The first-order chi connectivity index (χ1) is 6.38. The Labute approximate surface area is 82.3 Å². The minimum absolute atomic E-state index is 0.761. The van der Waals surface area contributed by atoms with E-state index < -0.39 is 0 Å². The van der Waals surface area contributed by atoms with E-state index in [0.717, 1.165) is 37.0 Å². The molecule has 0 aliphatic carbocycles. The highest BCUT2D eigenvalue weighted by atomic mass is 35.5. The summed E-state index contributed by atoms with van der Waals surface area (Å²) in [7, 11) is 0. The molecule has 70 valence electrons. The van der Waals surface area contributed by atoms with E-state index in [-0.39, 0.29) is 0 Å². The van der Waals surface area contributed by atoms with Crippen LogP contribution in [0, 0.1) is 0 Å². The Morgan fingerprint density at radius 1 is 1.38 bits per heavy atom. The molecule has 0 saturated carbocycles. The van der Waals surface area contributed by atoms with Crippen molar-refractivity contribution in [1.82, 2.24) is 4.98 Å². The van der Waals surface area contributed by atoms with Gasteiger partial charge in [-0.3, -0.25) is 4.98 Å². The number of rotatable bonds is 1. The summed E-state index contributed by atoms with van der Waals surface area (Å²) in [6.07, 6.45) is 3.50. The second-order valence-corrected chi connectivity index (χ2v) is 3.33. The van der Waals surface area contributed by atoms with E-state index in [1.807, 2.05) is 6.07 Å². The van der Waals surface area contributed by atoms with Crippen LogP contribution in [0.25, 0.3) is 0 Å². The summed E-state index contributed by atoms with van der Waals surface area (Å²) in [5.41, 5.74) is 1.01. The van der Waals surface area contributed by atoms with E-state index >= 15 is 0 Å². The lowest BCUT2D eigenvalue weighted by molar-refractivity contribution is 0.122. The van der Waals surface area contributed by atoms with Gasteiger partial charge < -0.3 is 9.64 Å². The van der Waals surface area contributed by atoms with E-state index in [1.54, 1.807) is 12.4 Å². The number of morpholine rings is 1. The van der Waals surface area contributed by atoms with Crippen molar-refractivity contribution in [2.45, 2.75) is 0 Å². The molecule has 0 atom stereocenters. The lowest BCUT2D eigenvalue weighted by atomic mass is 10.3. The summed E-state index contributed by atoms with van der Waals surface area (Å²) in [5, 5.41) is 0.761. The third-order valence-corrected chi connectivity index (χ3v) is 2.42. The Hall–Kier alpha value is -0.800. The molecule has 1 aromatic heterocycles. The minimum Gasteiger partial charge on any atom is -0.378 e. The topological polar surface area (TPSA) is 25.4 Å². The summed E-state index contributed by atoms with van der Waals surface area (Å²) in [6.45, 7) is 3.33. The third-order valence-electron chi connectivity index (χ3n) is 2.10. The van der Waals surface area contributed by atoms with Gasteiger partial charge in [0.1, 0.15) is 0 Å². The van der Waals surface area contributed by atoms with Gasteiger partial charge in [-0.1, -0.05) is 11.6 Å². The number of hydrogen-bond acceptors (Lipinski definition) is 3. The van der Waals surface area contributed by atoms with Crippen LogP contribution >= 0.6 is 11.6 Å². The van der Waals surface area contributed by atoms with Crippen molar-refractivity contribution >= 4 is 17.3 Å². The van der Waals surface area contributed by atoms with Crippen LogP contribution in [-0.2, 0) is 4.74 Å². The van der Waals surface area contributed by atoms with Gasteiger partial charge in [0.2, 0.25) is 0 Å². The molecule has 0 amide bonds. The molecule has 3 nitrogen and oxygen atoms in total. The Balaban J connectivity index is 2.18. The Morgan fingerprint density at radius 3 is 2.85 bits per heavy atom. The Bertz CT molecular complexity index is 287. The van der Waals surface area contributed by atoms with Gasteiger partial charge in [0.25, 0.3) is 0 Å².